The van der Waals surface area contributed by atoms with Crippen molar-refractivity contribution in [3.05, 3.63) is 24.3 Å². The van der Waals surface area contributed by atoms with Gasteiger partial charge in [0.2, 0.25) is 5.13 Å². The van der Waals surface area contributed by atoms with Crippen molar-refractivity contribution in [2.24, 2.45) is 0 Å². The number of esters is 1. The number of nitrogens with zero attached hydrogens (tertiary/aromatic N) is 2. The van der Waals surface area contributed by atoms with Crippen LogP contribution in [-0.4, -0.2) is 35.6 Å². The molecule has 2 rings (SSSR count). The number of ether oxygens (including phenoxy) is 2. The maximum atomic E-state index is 11.4. The third-order valence-corrected chi connectivity index (χ3v) is 4.56. The summed E-state index contributed by atoms with van der Waals surface area (Å²) in [7, 11) is 3.00. The quantitative estimate of drug-likeness (QED) is 0.646. The summed E-state index contributed by atoms with van der Waals surface area (Å²) in [4.78, 5) is 11.4. The number of rotatable bonds is 6. The Bertz CT molecular complexity index is 601. The first kappa shape index (κ1) is 15.6. The predicted octanol–water partition coefficient (Wildman–Crippen LogP) is 2.94. The number of methoxy groups -OCH3 is 2. The second-order valence-corrected chi connectivity index (χ2v) is 6.58. The molecule has 0 saturated carbocycles. The molecular weight excluding hydrogens is 310 g/mol. The van der Waals surface area contributed by atoms with Crippen LogP contribution in [0, 0.1) is 0 Å². The Hall–Kier alpha value is -1.80. The highest BCUT2D eigenvalue weighted by Crippen LogP contribution is 2.31. The van der Waals surface area contributed by atoms with Gasteiger partial charge in [-0.05, 0) is 31.2 Å². The van der Waals surface area contributed by atoms with Crippen molar-refractivity contribution in [3.8, 4) is 5.75 Å². The molecule has 2 aromatic rings. The molecule has 0 aliphatic heterocycles. The van der Waals surface area contributed by atoms with Gasteiger partial charge in [-0.2, -0.15) is 0 Å². The molecule has 0 aliphatic rings. The monoisotopic (exact) mass is 325 g/mol. The van der Waals surface area contributed by atoms with Gasteiger partial charge in [-0.25, -0.2) is 0 Å². The van der Waals surface area contributed by atoms with E-state index in [2.05, 4.69) is 20.3 Å². The summed E-state index contributed by atoms with van der Waals surface area (Å²) < 4.78 is 10.5. The zero-order chi connectivity index (χ0) is 15.2. The van der Waals surface area contributed by atoms with E-state index in [1.54, 1.807) is 14.0 Å². The standard InChI is InChI=1S/C13H15N3O3S2/c1-8(11(17)19-3)20-13-16-15-12(21-13)14-9-4-6-10(18-2)7-5-9/h4-8H,1-3H3,(H,14,15)/t8-/m1/s1. The number of hydrogen-bond acceptors (Lipinski definition) is 8. The van der Waals surface area contributed by atoms with Crippen molar-refractivity contribution in [1.29, 1.82) is 0 Å². The van der Waals surface area contributed by atoms with E-state index in [1.165, 1.54) is 30.2 Å². The van der Waals surface area contributed by atoms with Gasteiger partial charge in [0.15, 0.2) is 4.34 Å². The van der Waals surface area contributed by atoms with Crippen LogP contribution in [0.5, 0.6) is 5.75 Å². The van der Waals surface area contributed by atoms with Crippen LogP contribution in [0.4, 0.5) is 10.8 Å². The van der Waals surface area contributed by atoms with E-state index in [9.17, 15) is 4.79 Å². The van der Waals surface area contributed by atoms with Crippen LogP contribution in [0.3, 0.4) is 0 Å². The molecule has 1 N–H and O–H groups in total. The van der Waals surface area contributed by atoms with Gasteiger partial charge in [0.05, 0.1) is 14.2 Å². The molecule has 1 atom stereocenters. The number of carbonyl (C=O) groups excluding carboxylic acids is 1. The minimum atomic E-state index is -0.309. The van der Waals surface area contributed by atoms with Crippen LogP contribution >= 0.6 is 23.1 Å². The summed E-state index contributed by atoms with van der Waals surface area (Å²) in [5.74, 6) is 0.515. The summed E-state index contributed by atoms with van der Waals surface area (Å²) in [6, 6.07) is 7.50. The van der Waals surface area contributed by atoms with Gasteiger partial charge in [0.25, 0.3) is 0 Å². The number of carbonyl (C=O) groups is 1. The molecule has 8 heteroatoms. The molecule has 0 radical (unpaired) electrons. The fraction of sp³-hybridized carbons (Fsp3) is 0.308. The minimum absolute atomic E-state index is 0.278. The van der Waals surface area contributed by atoms with Crippen molar-refractivity contribution in [3.63, 3.8) is 0 Å². The van der Waals surface area contributed by atoms with Gasteiger partial charge in [0, 0.05) is 5.69 Å². The van der Waals surface area contributed by atoms with Gasteiger partial charge in [-0.15, -0.1) is 10.2 Å². The average Bonchev–Trinajstić information content (AvgIpc) is 2.94. The third-order valence-electron chi connectivity index (χ3n) is 2.56. The Morgan fingerprint density at radius 2 is 2.00 bits per heavy atom. The van der Waals surface area contributed by atoms with Crippen molar-refractivity contribution >= 4 is 39.9 Å². The third kappa shape index (κ3) is 4.33. The largest absolute Gasteiger partial charge is 0.497 e. The van der Waals surface area contributed by atoms with Crippen molar-refractivity contribution in [1.82, 2.24) is 10.2 Å². The van der Waals surface area contributed by atoms with E-state index in [4.69, 9.17) is 4.74 Å². The number of thioether (sulfide) groups is 1. The summed E-state index contributed by atoms with van der Waals surface area (Å²) >= 11 is 2.71. The molecule has 0 fully saturated rings. The summed E-state index contributed by atoms with van der Waals surface area (Å²) in [6.45, 7) is 1.77. The first-order valence-corrected chi connectivity index (χ1v) is 7.81. The van der Waals surface area contributed by atoms with Crippen molar-refractivity contribution < 1.29 is 14.3 Å². The fourth-order valence-electron chi connectivity index (χ4n) is 1.47. The van der Waals surface area contributed by atoms with Crippen LogP contribution < -0.4 is 10.1 Å². The first-order valence-electron chi connectivity index (χ1n) is 6.11. The molecule has 0 amide bonds. The predicted molar refractivity (Wildman–Crippen MR) is 83.5 cm³/mol. The lowest BCUT2D eigenvalue weighted by molar-refractivity contribution is -0.139. The second-order valence-electron chi connectivity index (χ2n) is 4.01. The van der Waals surface area contributed by atoms with Crippen LogP contribution in [0.2, 0.25) is 0 Å². The number of benzene rings is 1. The fourth-order valence-corrected chi connectivity index (χ4v) is 3.41. The molecule has 0 aliphatic carbocycles. The van der Waals surface area contributed by atoms with Gasteiger partial charge < -0.3 is 14.8 Å². The van der Waals surface area contributed by atoms with E-state index < -0.39 is 0 Å². The Labute approximate surface area is 130 Å². The summed E-state index contributed by atoms with van der Waals surface area (Å²) in [5.41, 5.74) is 0.893. The number of aromatic nitrogens is 2. The van der Waals surface area contributed by atoms with Crippen molar-refractivity contribution in [2.45, 2.75) is 16.5 Å². The van der Waals surface area contributed by atoms with Crippen LogP contribution in [0.1, 0.15) is 6.92 Å². The molecule has 0 bridgehead atoms. The van der Waals surface area contributed by atoms with E-state index in [1.807, 2.05) is 24.3 Å². The van der Waals surface area contributed by atoms with Gasteiger partial charge in [0.1, 0.15) is 11.0 Å². The summed E-state index contributed by atoms with van der Waals surface area (Å²) in [5, 5.41) is 11.6. The van der Waals surface area contributed by atoms with E-state index in [0.29, 0.717) is 9.47 Å². The lowest BCUT2D eigenvalue weighted by atomic mass is 10.3. The Morgan fingerprint density at radius 3 is 2.62 bits per heavy atom. The maximum Gasteiger partial charge on any atom is 0.318 e. The summed E-state index contributed by atoms with van der Waals surface area (Å²) in [6.07, 6.45) is 0. The van der Waals surface area contributed by atoms with Gasteiger partial charge in [-0.3, -0.25) is 4.79 Å². The highest BCUT2D eigenvalue weighted by Gasteiger charge is 2.17. The normalized spacial score (nSPS) is 11.8. The Morgan fingerprint density at radius 1 is 1.29 bits per heavy atom. The number of anilines is 2. The molecule has 0 saturated heterocycles. The molecule has 6 nitrogen and oxygen atoms in total. The van der Waals surface area contributed by atoms with Crippen LogP contribution in [0.25, 0.3) is 0 Å². The maximum absolute atomic E-state index is 11.4. The first-order chi connectivity index (χ1) is 10.1. The highest BCUT2D eigenvalue weighted by molar-refractivity contribution is 8.02. The van der Waals surface area contributed by atoms with Crippen LogP contribution in [-0.2, 0) is 9.53 Å². The molecule has 1 aromatic heterocycles. The second kappa shape index (κ2) is 7.28. The van der Waals surface area contributed by atoms with E-state index in [0.717, 1.165) is 11.4 Å². The molecule has 1 aromatic carbocycles. The minimum Gasteiger partial charge on any atom is -0.497 e. The molecule has 112 valence electrons. The Kier molecular flexibility index (Phi) is 5.40. The lowest BCUT2D eigenvalue weighted by Crippen LogP contribution is -2.14. The lowest BCUT2D eigenvalue weighted by Gasteiger charge is -2.05. The zero-order valence-electron chi connectivity index (χ0n) is 11.8. The number of hydrogen-bond donors (Lipinski definition) is 1. The molecule has 1 heterocycles. The zero-order valence-corrected chi connectivity index (χ0v) is 13.5. The Balaban J connectivity index is 1.97. The molecule has 0 unspecified atom stereocenters. The highest BCUT2D eigenvalue weighted by atomic mass is 32.2. The van der Waals surface area contributed by atoms with E-state index in [-0.39, 0.29) is 11.2 Å². The molecule has 21 heavy (non-hydrogen) atoms. The molecular formula is C13H15N3O3S2. The van der Waals surface area contributed by atoms with Crippen LogP contribution in [0.15, 0.2) is 28.6 Å². The van der Waals surface area contributed by atoms with Crippen molar-refractivity contribution in [2.75, 3.05) is 19.5 Å². The topological polar surface area (TPSA) is 73.3 Å². The molecule has 0 spiro atoms. The number of nitrogens with one attached hydrogen (secondary N) is 1. The van der Waals surface area contributed by atoms with Gasteiger partial charge >= 0.3 is 5.97 Å². The SMILES string of the molecule is COC(=O)[C@@H](C)Sc1nnc(Nc2ccc(OC)cc2)s1. The average molecular weight is 325 g/mol. The smallest absolute Gasteiger partial charge is 0.318 e. The van der Waals surface area contributed by atoms with E-state index >= 15 is 0 Å². The van der Waals surface area contributed by atoms with Gasteiger partial charge in [-0.1, -0.05) is 23.1 Å².